The smallest absolute Gasteiger partial charge is 0.195 e. The predicted molar refractivity (Wildman–Crippen MR) is 103 cm³/mol. The Kier molecular flexibility index (Phi) is 3.73. The van der Waals surface area contributed by atoms with Crippen molar-refractivity contribution in [3.63, 3.8) is 0 Å². The van der Waals surface area contributed by atoms with Crippen molar-refractivity contribution in [2.75, 3.05) is 0 Å². The Labute approximate surface area is 147 Å². The Bertz CT molecular complexity index is 1060. The van der Waals surface area contributed by atoms with Gasteiger partial charge in [-0.2, -0.15) is 0 Å². The van der Waals surface area contributed by atoms with E-state index >= 15 is 0 Å². The Morgan fingerprint density at radius 3 is 2.16 bits per heavy atom. The van der Waals surface area contributed by atoms with Gasteiger partial charge >= 0.3 is 0 Å². The summed E-state index contributed by atoms with van der Waals surface area (Å²) < 4.78 is 2.05. The van der Waals surface area contributed by atoms with Gasteiger partial charge < -0.3 is 4.57 Å². The molecule has 0 saturated heterocycles. The maximum Gasteiger partial charge on any atom is 0.195 e. The summed E-state index contributed by atoms with van der Waals surface area (Å²) in [6.45, 7) is 2.10. The molecule has 0 spiro atoms. The number of carbonyl (C=O) groups is 1. The minimum absolute atomic E-state index is 0.0656. The van der Waals surface area contributed by atoms with Gasteiger partial charge in [-0.3, -0.25) is 4.79 Å². The number of aryl methyl sites for hydroxylation is 2. The van der Waals surface area contributed by atoms with Crippen LogP contribution < -0.4 is 0 Å². The monoisotopic (exact) mass is 325 g/mol. The van der Waals surface area contributed by atoms with Crippen molar-refractivity contribution in [1.29, 1.82) is 0 Å². The highest BCUT2D eigenvalue weighted by Crippen LogP contribution is 2.31. The van der Waals surface area contributed by atoms with Gasteiger partial charge in [0.25, 0.3) is 0 Å². The van der Waals surface area contributed by atoms with Gasteiger partial charge in [-0.25, -0.2) is 0 Å². The summed E-state index contributed by atoms with van der Waals surface area (Å²) in [5.74, 6) is 0.0656. The third kappa shape index (κ3) is 2.66. The van der Waals surface area contributed by atoms with Crippen LogP contribution in [-0.2, 0) is 7.05 Å². The molecule has 0 aliphatic rings. The fourth-order valence-corrected chi connectivity index (χ4v) is 3.50. The first-order valence-electron chi connectivity index (χ1n) is 8.40. The van der Waals surface area contributed by atoms with E-state index in [2.05, 4.69) is 35.8 Å². The summed E-state index contributed by atoms with van der Waals surface area (Å²) in [6, 6.07) is 24.1. The van der Waals surface area contributed by atoms with Crippen LogP contribution in [0.15, 0.2) is 79.0 Å². The second-order valence-corrected chi connectivity index (χ2v) is 6.40. The van der Waals surface area contributed by atoms with E-state index in [9.17, 15) is 4.79 Å². The summed E-state index contributed by atoms with van der Waals surface area (Å²) in [5, 5.41) is 1.01. The zero-order valence-corrected chi connectivity index (χ0v) is 14.4. The Morgan fingerprint density at radius 2 is 1.48 bits per heavy atom. The van der Waals surface area contributed by atoms with Crippen LogP contribution in [0.2, 0.25) is 0 Å². The highest BCUT2D eigenvalue weighted by Gasteiger charge is 2.17. The topological polar surface area (TPSA) is 22.0 Å². The van der Waals surface area contributed by atoms with Gasteiger partial charge in [0, 0.05) is 29.8 Å². The molecule has 0 saturated carbocycles. The summed E-state index contributed by atoms with van der Waals surface area (Å²) in [4.78, 5) is 13.0. The van der Waals surface area contributed by atoms with E-state index in [1.54, 1.807) is 0 Å². The molecule has 25 heavy (non-hydrogen) atoms. The Balaban J connectivity index is 1.94. The van der Waals surface area contributed by atoms with Crippen molar-refractivity contribution in [3.8, 4) is 11.1 Å². The van der Waals surface area contributed by atoms with Gasteiger partial charge in [0.1, 0.15) is 0 Å². The standard InChI is InChI=1S/C23H19NO/c1-16-13-19(17-9-5-3-6-10-17)14-20-21(15-24(2)22(16)20)23(25)18-11-7-4-8-12-18/h3-15H,1-2H3. The van der Waals surface area contributed by atoms with Gasteiger partial charge in [-0.15, -0.1) is 0 Å². The van der Waals surface area contributed by atoms with Crippen molar-refractivity contribution >= 4 is 16.7 Å². The first-order chi connectivity index (χ1) is 12.1. The lowest BCUT2D eigenvalue weighted by Crippen LogP contribution is -2.00. The molecule has 122 valence electrons. The molecule has 3 aromatic carbocycles. The lowest BCUT2D eigenvalue weighted by atomic mass is 9.97. The average Bonchev–Trinajstić information content (AvgIpc) is 2.99. The number of fused-ring (bicyclic) bond motifs is 1. The SMILES string of the molecule is Cc1cc(-c2ccccc2)cc2c(C(=O)c3ccccc3)cn(C)c12. The van der Waals surface area contributed by atoms with E-state index in [1.165, 1.54) is 5.56 Å². The molecule has 4 rings (SSSR count). The van der Waals surface area contributed by atoms with Gasteiger partial charge in [0.05, 0.1) is 5.52 Å². The quantitative estimate of drug-likeness (QED) is 0.463. The van der Waals surface area contributed by atoms with Gasteiger partial charge in [0.15, 0.2) is 5.78 Å². The molecule has 0 unspecified atom stereocenters. The van der Waals surface area contributed by atoms with Crippen LogP contribution in [0.1, 0.15) is 21.5 Å². The molecule has 0 aliphatic carbocycles. The highest BCUT2D eigenvalue weighted by molar-refractivity contribution is 6.17. The van der Waals surface area contributed by atoms with Gasteiger partial charge in [-0.1, -0.05) is 60.7 Å². The fourth-order valence-electron chi connectivity index (χ4n) is 3.50. The molecule has 0 atom stereocenters. The molecule has 1 heterocycles. The molecule has 2 nitrogen and oxygen atoms in total. The number of hydrogen-bond acceptors (Lipinski definition) is 1. The van der Waals surface area contributed by atoms with Crippen LogP contribution in [0.4, 0.5) is 0 Å². The average molecular weight is 325 g/mol. The largest absolute Gasteiger partial charge is 0.350 e. The Hall–Kier alpha value is -3.13. The molecule has 2 heteroatoms. The minimum atomic E-state index is 0.0656. The van der Waals surface area contributed by atoms with E-state index in [4.69, 9.17) is 0 Å². The molecule has 0 fully saturated rings. The maximum absolute atomic E-state index is 13.0. The molecular weight excluding hydrogens is 306 g/mol. The number of ketones is 1. The minimum Gasteiger partial charge on any atom is -0.350 e. The molecule has 4 aromatic rings. The predicted octanol–water partition coefficient (Wildman–Crippen LogP) is 5.38. The van der Waals surface area contributed by atoms with Gasteiger partial charge in [-0.05, 0) is 35.7 Å². The second-order valence-electron chi connectivity index (χ2n) is 6.40. The fraction of sp³-hybridized carbons (Fsp3) is 0.0870. The molecule has 1 aromatic heterocycles. The third-order valence-electron chi connectivity index (χ3n) is 4.65. The van der Waals surface area contributed by atoms with Crippen molar-refractivity contribution < 1.29 is 4.79 Å². The van der Waals surface area contributed by atoms with E-state index in [1.807, 2.05) is 61.8 Å². The summed E-state index contributed by atoms with van der Waals surface area (Å²) in [5.41, 5.74) is 6.06. The Morgan fingerprint density at radius 1 is 0.840 bits per heavy atom. The number of rotatable bonds is 3. The summed E-state index contributed by atoms with van der Waals surface area (Å²) in [7, 11) is 2.00. The maximum atomic E-state index is 13.0. The molecule has 0 radical (unpaired) electrons. The number of carbonyl (C=O) groups excluding carboxylic acids is 1. The summed E-state index contributed by atoms with van der Waals surface area (Å²) in [6.07, 6.45) is 1.95. The summed E-state index contributed by atoms with van der Waals surface area (Å²) >= 11 is 0. The zero-order chi connectivity index (χ0) is 17.4. The van der Waals surface area contributed by atoms with E-state index in [0.717, 1.165) is 33.2 Å². The van der Waals surface area contributed by atoms with Crippen molar-refractivity contribution in [3.05, 3.63) is 95.7 Å². The van der Waals surface area contributed by atoms with Gasteiger partial charge in [0.2, 0.25) is 0 Å². The molecule has 0 amide bonds. The third-order valence-corrected chi connectivity index (χ3v) is 4.65. The van der Waals surface area contributed by atoms with Crippen LogP contribution in [0.3, 0.4) is 0 Å². The number of benzene rings is 3. The van der Waals surface area contributed by atoms with Crippen LogP contribution >= 0.6 is 0 Å². The molecule has 0 aliphatic heterocycles. The van der Waals surface area contributed by atoms with Crippen LogP contribution in [-0.4, -0.2) is 10.4 Å². The van der Waals surface area contributed by atoms with Crippen molar-refractivity contribution in [2.45, 2.75) is 6.92 Å². The molecule has 0 N–H and O–H groups in total. The van der Waals surface area contributed by atoms with E-state index < -0.39 is 0 Å². The van der Waals surface area contributed by atoms with Crippen molar-refractivity contribution in [2.24, 2.45) is 7.05 Å². The van der Waals surface area contributed by atoms with Crippen LogP contribution in [0.25, 0.3) is 22.0 Å². The molecular formula is C23H19NO. The van der Waals surface area contributed by atoms with Crippen molar-refractivity contribution in [1.82, 2.24) is 4.57 Å². The number of nitrogens with zero attached hydrogens (tertiary/aromatic N) is 1. The second kappa shape index (κ2) is 6.06. The zero-order valence-electron chi connectivity index (χ0n) is 14.4. The number of hydrogen-bond donors (Lipinski definition) is 0. The molecule has 0 bridgehead atoms. The number of aromatic nitrogens is 1. The van der Waals surface area contributed by atoms with Crippen LogP contribution in [0, 0.1) is 6.92 Å². The highest BCUT2D eigenvalue weighted by atomic mass is 16.1. The normalized spacial score (nSPS) is 11.0. The van der Waals surface area contributed by atoms with E-state index in [0.29, 0.717) is 0 Å². The first-order valence-corrected chi connectivity index (χ1v) is 8.40. The van der Waals surface area contributed by atoms with Crippen LogP contribution in [0.5, 0.6) is 0 Å². The lowest BCUT2D eigenvalue weighted by Gasteiger charge is -2.07. The first kappa shape index (κ1) is 15.4. The lowest BCUT2D eigenvalue weighted by molar-refractivity contribution is 0.104. The van der Waals surface area contributed by atoms with E-state index in [-0.39, 0.29) is 5.78 Å².